The Morgan fingerprint density at radius 1 is 1.58 bits per heavy atom. The van der Waals surface area contributed by atoms with Gasteiger partial charge in [-0.25, -0.2) is 4.39 Å². The van der Waals surface area contributed by atoms with E-state index in [2.05, 4.69) is 4.98 Å². The van der Waals surface area contributed by atoms with E-state index in [-0.39, 0.29) is 5.76 Å². The number of carboxylic acids is 1. The number of hydrogen-bond acceptors (Lipinski definition) is 4. The molecule has 0 aromatic carbocycles. The van der Waals surface area contributed by atoms with Crippen LogP contribution in [0.5, 0.6) is 5.75 Å². The highest BCUT2D eigenvalue weighted by Crippen LogP contribution is 2.37. The number of allylic oxidation sites excluding steroid dienone is 2. The van der Waals surface area contributed by atoms with E-state index >= 15 is 0 Å². The third kappa shape index (κ3) is 2.48. The first-order chi connectivity index (χ1) is 9.08. The van der Waals surface area contributed by atoms with Crippen molar-refractivity contribution in [3.8, 4) is 5.75 Å². The molecule has 0 amide bonds. The fraction of sp³-hybridized carbons (Fsp3) is 0.231. The van der Waals surface area contributed by atoms with E-state index in [1.165, 1.54) is 24.4 Å². The van der Waals surface area contributed by atoms with Crippen LogP contribution < -0.4 is 4.74 Å². The van der Waals surface area contributed by atoms with Crippen LogP contribution in [0, 0.1) is 5.92 Å². The highest BCUT2D eigenvalue weighted by molar-refractivity contribution is 5.75. The van der Waals surface area contributed by atoms with Gasteiger partial charge in [-0.05, 0) is 18.2 Å². The Balaban J connectivity index is 2.31. The molecule has 0 spiro atoms. The number of alkyl halides is 1. The Morgan fingerprint density at radius 3 is 2.95 bits per heavy atom. The van der Waals surface area contributed by atoms with Gasteiger partial charge in [0.15, 0.2) is 5.76 Å². The molecule has 1 aliphatic carbocycles. The fourth-order valence-corrected chi connectivity index (χ4v) is 1.75. The quantitative estimate of drug-likeness (QED) is 0.900. The molecule has 0 aliphatic heterocycles. The summed E-state index contributed by atoms with van der Waals surface area (Å²) in [5, 5.41) is 9.02. The molecular formula is C13H12FNO4. The molecule has 6 heteroatoms. The van der Waals surface area contributed by atoms with E-state index < -0.39 is 17.7 Å². The van der Waals surface area contributed by atoms with Gasteiger partial charge >= 0.3 is 5.97 Å². The molecule has 2 atom stereocenters. The van der Waals surface area contributed by atoms with Crippen molar-refractivity contribution in [2.24, 2.45) is 5.92 Å². The predicted molar refractivity (Wildman–Crippen MR) is 64.1 cm³/mol. The van der Waals surface area contributed by atoms with Gasteiger partial charge in [0.2, 0.25) is 0 Å². The number of rotatable bonds is 4. The summed E-state index contributed by atoms with van der Waals surface area (Å²) in [5.41, 5.74) is 0. The molecule has 0 bridgehead atoms. The van der Waals surface area contributed by atoms with Crippen molar-refractivity contribution in [3.05, 3.63) is 48.5 Å². The van der Waals surface area contributed by atoms with Gasteiger partial charge in [0.05, 0.1) is 6.20 Å². The predicted octanol–water partition coefficient (Wildman–Crippen LogP) is 1.93. The molecule has 0 saturated carbocycles. The topological polar surface area (TPSA) is 68.7 Å². The molecule has 2 rings (SSSR count). The number of carbonyl (C=O) groups is 1. The lowest BCUT2D eigenvalue weighted by Gasteiger charge is -2.31. The number of ether oxygens (including phenoxy) is 2. The molecule has 1 N–H and O–H groups in total. The first kappa shape index (κ1) is 13.2. The Kier molecular flexibility index (Phi) is 3.62. The van der Waals surface area contributed by atoms with Crippen LogP contribution in [-0.4, -0.2) is 29.0 Å². The van der Waals surface area contributed by atoms with Gasteiger partial charge in [0, 0.05) is 13.3 Å². The van der Waals surface area contributed by atoms with E-state index in [9.17, 15) is 9.18 Å². The third-order valence-electron chi connectivity index (χ3n) is 2.71. The van der Waals surface area contributed by atoms with Gasteiger partial charge in [0.25, 0.3) is 5.85 Å². The second-order valence-electron chi connectivity index (χ2n) is 3.87. The zero-order valence-corrected chi connectivity index (χ0v) is 10.1. The summed E-state index contributed by atoms with van der Waals surface area (Å²) in [5.74, 6) is -5.27. The van der Waals surface area contributed by atoms with Crippen molar-refractivity contribution in [2.75, 3.05) is 7.11 Å². The highest BCUT2D eigenvalue weighted by Gasteiger charge is 2.49. The van der Waals surface area contributed by atoms with E-state index in [4.69, 9.17) is 14.6 Å². The van der Waals surface area contributed by atoms with Crippen LogP contribution in [0.25, 0.3) is 0 Å². The van der Waals surface area contributed by atoms with Crippen molar-refractivity contribution >= 4 is 5.97 Å². The molecule has 2 unspecified atom stereocenters. The number of hydrogen-bond donors (Lipinski definition) is 1. The number of methoxy groups -OCH3 is 1. The molecule has 1 aromatic rings. The van der Waals surface area contributed by atoms with Crippen LogP contribution >= 0.6 is 0 Å². The number of nitrogens with zero attached hydrogens (tertiary/aromatic N) is 1. The van der Waals surface area contributed by atoms with E-state index in [0.717, 1.165) is 7.11 Å². The first-order valence-electron chi connectivity index (χ1n) is 5.51. The maximum Gasteiger partial charge on any atom is 0.316 e. The van der Waals surface area contributed by atoms with Crippen LogP contribution in [0.3, 0.4) is 0 Å². The van der Waals surface area contributed by atoms with Crippen LogP contribution in [0.1, 0.15) is 0 Å². The van der Waals surface area contributed by atoms with E-state index in [0.29, 0.717) is 5.75 Å². The fourth-order valence-electron chi connectivity index (χ4n) is 1.75. The van der Waals surface area contributed by atoms with Crippen LogP contribution in [-0.2, 0) is 9.53 Å². The summed E-state index contributed by atoms with van der Waals surface area (Å²) in [6, 6.07) is 3.20. The standard InChI is InChI=1S/C13H12FNO4/c1-18-13(14)10(12(16)17)5-2-6-11(13)19-9-4-3-7-15-8-9/h2-8,10H,1H3,(H,16,17). The average molecular weight is 265 g/mol. The Labute approximate surface area is 109 Å². The van der Waals surface area contributed by atoms with Gasteiger partial charge in [-0.1, -0.05) is 12.2 Å². The maximum atomic E-state index is 14.7. The molecule has 5 nitrogen and oxygen atoms in total. The SMILES string of the molecule is COC1(F)C(Oc2cccnc2)=CC=CC1C(=O)O. The average Bonchev–Trinajstić information content (AvgIpc) is 2.42. The Bertz CT molecular complexity index is 529. The molecular weight excluding hydrogens is 253 g/mol. The number of halogens is 1. The molecule has 1 aromatic heterocycles. The molecule has 0 radical (unpaired) electrons. The maximum absolute atomic E-state index is 14.7. The molecule has 0 saturated heterocycles. The molecule has 100 valence electrons. The van der Waals surface area contributed by atoms with Crippen LogP contribution in [0.2, 0.25) is 0 Å². The monoisotopic (exact) mass is 265 g/mol. The minimum absolute atomic E-state index is 0.224. The van der Waals surface area contributed by atoms with Crippen molar-refractivity contribution in [1.29, 1.82) is 0 Å². The van der Waals surface area contributed by atoms with Crippen molar-refractivity contribution < 1.29 is 23.8 Å². The van der Waals surface area contributed by atoms with Gasteiger partial charge in [-0.2, -0.15) is 0 Å². The highest BCUT2D eigenvalue weighted by atomic mass is 19.2. The second-order valence-corrected chi connectivity index (χ2v) is 3.87. The van der Waals surface area contributed by atoms with Crippen molar-refractivity contribution in [2.45, 2.75) is 5.85 Å². The van der Waals surface area contributed by atoms with Gasteiger partial charge in [-0.15, -0.1) is 0 Å². The summed E-state index contributed by atoms with van der Waals surface area (Å²) in [4.78, 5) is 14.9. The lowest BCUT2D eigenvalue weighted by Crippen LogP contribution is -2.43. The summed E-state index contributed by atoms with van der Waals surface area (Å²) < 4.78 is 24.8. The number of aliphatic carboxylic acids is 1. The summed E-state index contributed by atoms with van der Waals surface area (Å²) >= 11 is 0. The lowest BCUT2D eigenvalue weighted by molar-refractivity contribution is -0.172. The summed E-state index contributed by atoms with van der Waals surface area (Å²) in [6.45, 7) is 0. The van der Waals surface area contributed by atoms with Gasteiger partial charge in [0.1, 0.15) is 11.7 Å². The van der Waals surface area contributed by atoms with E-state index in [1.54, 1.807) is 18.3 Å². The van der Waals surface area contributed by atoms with Crippen molar-refractivity contribution in [1.82, 2.24) is 4.98 Å². The molecule has 1 aliphatic rings. The normalized spacial score (nSPS) is 25.8. The molecule has 19 heavy (non-hydrogen) atoms. The van der Waals surface area contributed by atoms with Gasteiger partial charge < -0.3 is 14.6 Å². The smallest absolute Gasteiger partial charge is 0.316 e. The molecule has 1 heterocycles. The minimum Gasteiger partial charge on any atom is -0.481 e. The second kappa shape index (κ2) is 5.19. The van der Waals surface area contributed by atoms with Crippen LogP contribution in [0.4, 0.5) is 4.39 Å². The Hall–Kier alpha value is -2.21. The number of pyridine rings is 1. The first-order valence-corrected chi connectivity index (χ1v) is 5.51. The van der Waals surface area contributed by atoms with Crippen molar-refractivity contribution in [3.63, 3.8) is 0 Å². The number of aromatic nitrogens is 1. The van der Waals surface area contributed by atoms with Crippen LogP contribution in [0.15, 0.2) is 48.5 Å². The zero-order valence-electron chi connectivity index (χ0n) is 10.1. The lowest BCUT2D eigenvalue weighted by atomic mass is 9.93. The minimum atomic E-state index is -2.55. The summed E-state index contributed by atoms with van der Waals surface area (Å²) in [7, 11) is 1.09. The largest absolute Gasteiger partial charge is 0.481 e. The van der Waals surface area contributed by atoms with E-state index in [1.807, 2.05) is 0 Å². The summed E-state index contributed by atoms with van der Waals surface area (Å²) in [6.07, 6.45) is 6.89. The Morgan fingerprint density at radius 2 is 2.37 bits per heavy atom. The zero-order chi connectivity index (χ0) is 13.9. The molecule has 0 fully saturated rings. The third-order valence-corrected chi connectivity index (χ3v) is 2.71. The van der Waals surface area contributed by atoms with Gasteiger partial charge in [-0.3, -0.25) is 9.78 Å². The number of carboxylic acid groups (broad SMARTS) is 1.